The van der Waals surface area contributed by atoms with Gasteiger partial charge in [-0.2, -0.15) is 0 Å². The van der Waals surface area contributed by atoms with Gasteiger partial charge in [0.15, 0.2) is 0 Å². The second-order valence-corrected chi connectivity index (χ2v) is 6.44. The molecule has 0 bridgehead atoms. The zero-order chi connectivity index (χ0) is 15.8. The second-order valence-electron chi connectivity index (χ2n) is 5.46. The van der Waals surface area contributed by atoms with Gasteiger partial charge in [0, 0.05) is 18.4 Å². The second kappa shape index (κ2) is 5.66. The fraction of sp³-hybridized carbons (Fsp3) is 0.167. The van der Waals surface area contributed by atoms with Crippen molar-refractivity contribution in [2.45, 2.75) is 23.5 Å². The van der Waals surface area contributed by atoms with Crippen molar-refractivity contribution < 1.29 is 13.9 Å². The Morgan fingerprint density at radius 2 is 1.87 bits per heavy atom. The SMILES string of the molecule is O=c1oc2c(c(O)c1SCc1ccco1)Cc1ccccc1C2. The Hall–Kier alpha value is -2.40. The van der Waals surface area contributed by atoms with E-state index in [1.54, 1.807) is 12.3 Å². The van der Waals surface area contributed by atoms with Crippen molar-refractivity contribution in [3.63, 3.8) is 0 Å². The fourth-order valence-electron chi connectivity index (χ4n) is 2.84. The fourth-order valence-corrected chi connectivity index (χ4v) is 3.71. The van der Waals surface area contributed by atoms with Crippen molar-refractivity contribution in [3.8, 4) is 5.75 Å². The molecule has 1 aliphatic rings. The highest BCUT2D eigenvalue weighted by molar-refractivity contribution is 7.98. The van der Waals surface area contributed by atoms with Crippen LogP contribution in [0.1, 0.15) is 28.2 Å². The zero-order valence-electron chi connectivity index (χ0n) is 12.2. The molecular formula is C18H14O4S. The van der Waals surface area contributed by atoms with Crippen molar-refractivity contribution in [1.82, 2.24) is 0 Å². The number of benzene rings is 1. The van der Waals surface area contributed by atoms with Gasteiger partial charge in [-0.1, -0.05) is 24.3 Å². The van der Waals surface area contributed by atoms with Crippen LogP contribution in [-0.4, -0.2) is 5.11 Å². The summed E-state index contributed by atoms with van der Waals surface area (Å²) in [5.41, 5.74) is 2.52. The molecule has 0 radical (unpaired) electrons. The summed E-state index contributed by atoms with van der Waals surface area (Å²) in [4.78, 5) is 12.5. The summed E-state index contributed by atoms with van der Waals surface area (Å²) in [5.74, 6) is 1.83. The number of furan rings is 1. The number of rotatable bonds is 3. The van der Waals surface area contributed by atoms with Crippen molar-refractivity contribution in [1.29, 1.82) is 0 Å². The van der Waals surface area contributed by atoms with Crippen LogP contribution in [0.2, 0.25) is 0 Å². The van der Waals surface area contributed by atoms with Gasteiger partial charge >= 0.3 is 5.63 Å². The first-order valence-corrected chi connectivity index (χ1v) is 8.30. The third kappa shape index (κ3) is 2.57. The van der Waals surface area contributed by atoms with Crippen LogP contribution >= 0.6 is 11.8 Å². The van der Waals surface area contributed by atoms with Crippen LogP contribution in [0.25, 0.3) is 0 Å². The van der Waals surface area contributed by atoms with Gasteiger partial charge in [-0.15, -0.1) is 11.8 Å². The van der Waals surface area contributed by atoms with Gasteiger partial charge in [0.05, 0.1) is 12.0 Å². The molecule has 1 aromatic carbocycles. The van der Waals surface area contributed by atoms with Crippen LogP contribution in [-0.2, 0) is 18.6 Å². The molecule has 0 fully saturated rings. The molecule has 1 aliphatic carbocycles. The average molecular weight is 326 g/mol. The topological polar surface area (TPSA) is 63.6 Å². The Labute approximate surface area is 136 Å². The maximum absolute atomic E-state index is 12.2. The largest absolute Gasteiger partial charge is 0.506 e. The third-order valence-electron chi connectivity index (χ3n) is 4.01. The summed E-state index contributed by atoms with van der Waals surface area (Å²) in [6.07, 6.45) is 2.70. The van der Waals surface area contributed by atoms with E-state index in [1.165, 1.54) is 11.8 Å². The molecule has 0 spiro atoms. The Morgan fingerprint density at radius 1 is 1.09 bits per heavy atom. The van der Waals surface area contributed by atoms with Gasteiger partial charge in [-0.3, -0.25) is 0 Å². The molecule has 0 unspecified atom stereocenters. The maximum Gasteiger partial charge on any atom is 0.353 e. The minimum Gasteiger partial charge on any atom is -0.506 e. The van der Waals surface area contributed by atoms with Gasteiger partial charge in [0.2, 0.25) is 0 Å². The number of thioether (sulfide) groups is 1. The van der Waals surface area contributed by atoms with Crippen LogP contribution < -0.4 is 5.63 Å². The zero-order valence-corrected chi connectivity index (χ0v) is 13.1. The van der Waals surface area contributed by atoms with Gasteiger partial charge in [-0.25, -0.2) is 4.79 Å². The monoisotopic (exact) mass is 326 g/mol. The lowest BCUT2D eigenvalue weighted by Gasteiger charge is -2.19. The first kappa shape index (κ1) is 14.2. The first-order valence-electron chi connectivity index (χ1n) is 7.32. The van der Waals surface area contributed by atoms with E-state index in [9.17, 15) is 9.90 Å². The molecule has 116 valence electrons. The summed E-state index contributed by atoms with van der Waals surface area (Å²) < 4.78 is 10.7. The molecule has 0 saturated carbocycles. The standard InChI is InChI=1S/C18H14O4S/c19-16-14-8-11-4-1-2-5-12(11)9-15(14)22-18(20)17(16)23-10-13-6-3-7-21-13/h1-7,19H,8-10H2. The summed E-state index contributed by atoms with van der Waals surface area (Å²) in [5, 5.41) is 10.6. The van der Waals surface area contributed by atoms with Gasteiger partial charge in [-0.05, 0) is 23.3 Å². The number of hydrogen-bond donors (Lipinski definition) is 1. The number of hydrogen-bond acceptors (Lipinski definition) is 5. The number of fused-ring (bicyclic) bond motifs is 2. The molecule has 4 rings (SSSR count). The van der Waals surface area contributed by atoms with Gasteiger partial charge in [0.25, 0.3) is 0 Å². The van der Waals surface area contributed by atoms with Crippen molar-refractivity contribution in [2.24, 2.45) is 0 Å². The summed E-state index contributed by atoms with van der Waals surface area (Å²) in [6.45, 7) is 0. The minimum absolute atomic E-state index is 0.0438. The third-order valence-corrected chi connectivity index (χ3v) is 5.09. The van der Waals surface area contributed by atoms with Crippen LogP contribution in [0.15, 0.2) is 61.2 Å². The Bertz CT molecular complexity index is 909. The van der Waals surface area contributed by atoms with E-state index < -0.39 is 5.63 Å². The Kier molecular flexibility index (Phi) is 3.50. The normalized spacial score (nSPS) is 12.7. The molecule has 5 heteroatoms. The smallest absolute Gasteiger partial charge is 0.353 e. The minimum atomic E-state index is -0.489. The highest BCUT2D eigenvalue weighted by atomic mass is 32.2. The molecule has 0 aliphatic heterocycles. The van der Waals surface area contributed by atoms with Crippen LogP contribution in [0.3, 0.4) is 0 Å². The Balaban J connectivity index is 1.69. The molecule has 1 N–H and O–H groups in total. The quantitative estimate of drug-likeness (QED) is 0.581. The van der Waals surface area contributed by atoms with Crippen LogP contribution in [0.4, 0.5) is 0 Å². The van der Waals surface area contributed by atoms with Crippen molar-refractivity contribution in [2.75, 3.05) is 0 Å². The predicted molar refractivity (Wildman–Crippen MR) is 87.0 cm³/mol. The van der Waals surface area contributed by atoms with E-state index in [2.05, 4.69) is 0 Å². The van der Waals surface area contributed by atoms with E-state index in [0.29, 0.717) is 29.9 Å². The molecule has 0 amide bonds. The molecule has 23 heavy (non-hydrogen) atoms. The molecule has 4 nitrogen and oxygen atoms in total. The average Bonchev–Trinajstić information content (AvgIpc) is 3.07. The first-order chi connectivity index (χ1) is 11.2. The van der Waals surface area contributed by atoms with Crippen molar-refractivity contribution >= 4 is 11.8 Å². The molecular weight excluding hydrogens is 312 g/mol. The maximum atomic E-state index is 12.2. The summed E-state index contributed by atoms with van der Waals surface area (Å²) in [7, 11) is 0. The molecule has 2 heterocycles. The lowest BCUT2D eigenvalue weighted by atomic mass is 9.89. The lowest BCUT2D eigenvalue weighted by Crippen LogP contribution is -2.14. The van der Waals surface area contributed by atoms with E-state index in [4.69, 9.17) is 8.83 Å². The molecule has 0 saturated heterocycles. The molecule has 3 aromatic rings. The lowest BCUT2D eigenvalue weighted by molar-refractivity contribution is 0.394. The summed E-state index contributed by atoms with van der Waals surface area (Å²) in [6, 6.07) is 11.6. The van der Waals surface area contributed by atoms with Gasteiger partial charge < -0.3 is 13.9 Å². The van der Waals surface area contributed by atoms with E-state index >= 15 is 0 Å². The van der Waals surface area contributed by atoms with Crippen molar-refractivity contribution in [3.05, 3.63) is 81.3 Å². The number of aromatic hydroxyl groups is 1. The van der Waals surface area contributed by atoms with E-state index in [-0.39, 0.29) is 10.6 Å². The highest BCUT2D eigenvalue weighted by Crippen LogP contribution is 2.37. The highest BCUT2D eigenvalue weighted by Gasteiger charge is 2.24. The summed E-state index contributed by atoms with van der Waals surface area (Å²) >= 11 is 1.24. The van der Waals surface area contributed by atoms with E-state index in [1.807, 2.05) is 30.3 Å². The van der Waals surface area contributed by atoms with Crippen LogP contribution in [0.5, 0.6) is 5.75 Å². The van der Waals surface area contributed by atoms with E-state index in [0.717, 1.165) is 16.9 Å². The Morgan fingerprint density at radius 3 is 2.61 bits per heavy atom. The predicted octanol–water partition coefficient (Wildman–Crippen LogP) is 3.73. The van der Waals surface area contributed by atoms with Crippen LogP contribution in [0, 0.1) is 0 Å². The molecule has 2 aromatic heterocycles. The van der Waals surface area contributed by atoms with Gasteiger partial charge in [0.1, 0.15) is 22.2 Å². The molecule has 0 atom stereocenters.